The highest BCUT2D eigenvalue weighted by molar-refractivity contribution is 8.13. The molecule has 1 atom stereocenters. The second kappa shape index (κ2) is 7.90. The first-order valence-electron chi connectivity index (χ1n) is 6.46. The average molecular weight is 356 g/mol. The van der Waals surface area contributed by atoms with Crippen LogP contribution in [0, 0.1) is 0 Å². The van der Waals surface area contributed by atoms with E-state index in [0.29, 0.717) is 30.0 Å². The Labute approximate surface area is 130 Å². The smallest absolute Gasteiger partial charge is 0.273 e. The average Bonchev–Trinajstić information content (AvgIpc) is 2.82. The number of halogens is 1. The van der Waals surface area contributed by atoms with E-state index >= 15 is 0 Å². The SMILES string of the molecule is CCCc1[nH]nc(C(=O)NCCS(=O)CC)c1S(=O)(=O)Cl. The lowest BCUT2D eigenvalue weighted by atomic mass is 10.2. The lowest BCUT2D eigenvalue weighted by Gasteiger charge is -2.04. The molecule has 120 valence electrons. The Morgan fingerprint density at radius 2 is 2.10 bits per heavy atom. The van der Waals surface area contributed by atoms with Crippen LogP contribution in [-0.2, 0) is 26.3 Å². The minimum absolute atomic E-state index is 0.178. The van der Waals surface area contributed by atoms with Crippen LogP contribution in [0.2, 0.25) is 0 Å². The van der Waals surface area contributed by atoms with Crippen molar-refractivity contribution >= 4 is 36.4 Å². The molecule has 10 heteroatoms. The first kappa shape index (κ1) is 18.1. The third kappa shape index (κ3) is 5.08. The van der Waals surface area contributed by atoms with Gasteiger partial charge in [-0.25, -0.2) is 8.42 Å². The van der Waals surface area contributed by atoms with Gasteiger partial charge in [-0.3, -0.25) is 14.1 Å². The number of H-pyrrole nitrogens is 1. The molecule has 1 aromatic rings. The van der Waals surface area contributed by atoms with Gasteiger partial charge in [0.05, 0.1) is 5.69 Å². The maximum absolute atomic E-state index is 12.0. The number of hydrogen-bond acceptors (Lipinski definition) is 5. The molecule has 1 amide bonds. The quantitative estimate of drug-likeness (QED) is 0.670. The molecule has 7 nitrogen and oxygen atoms in total. The van der Waals surface area contributed by atoms with Crippen molar-refractivity contribution in [3.63, 3.8) is 0 Å². The molecule has 0 bridgehead atoms. The molecular weight excluding hydrogens is 338 g/mol. The van der Waals surface area contributed by atoms with Gasteiger partial charge < -0.3 is 5.32 Å². The van der Waals surface area contributed by atoms with Gasteiger partial charge in [0.1, 0.15) is 4.90 Å². The molecule has 0 aliphatic carbocycles. The highest BCUT2D eigenvalue weighted by atomic mass is 35.7. The maximum atomic E-state index is 12.0. The number of nitrogens with one attached hydrogen (secondary N) is 2. The molecule has 0 saturated heterocycles. The normalized spacial score (nSPS) is 13.1. The molecule has 1 aromatic heterocycles. The lowest BCUT2D eigenvalue weighted by Crippen LogP contribution is -2.29. The number of aromatic nitrogens is 2. The summed E-state index contributed by atoms with van der Waals surface area (Å²) in [6, 6.07) is 0. The number of nitrogens with zero attached hydrogens (tertiary/aromatic N) is 1. The summed E-state index contributed by atoms with van der Waals surface area (Å²) >= 11 is 0. The molecule has 0 radical (unpaired) electrons. The standard InChI is InChI=1S/C11H18ClN3O4S2/c1-3-5-8-10(21(12,18)19)9(15-14-8)11(16)13-6-7-20(17)4-2/h3-7H2,1-2H3,(H,13,16)(H,14,15). The molecule has 0 saturated carbocycles. The number of carbonyl (C=O) groups is 1. The van der Waals surface area contributed by atoms with Crippen molar-refractivity contribution in [2.75, 3.05) is 18.1 Å². The van der Waals surface area contributed by atoms with Crippen molar-refractivity contribution in [2.24, 2.45) is 0 Å². The van der Waals surface area contributed by atoms with Gasteiger partial charge in [-0.1, -0.05) is 20.3 Å². The third-order valence-corrected chi connectivity index (χ3v) is 5.38. The summed E-state index contributed by atoms with van der Waals surface area (Å²) in [5.41, 5.74) is 0.0607. The summed E-state index contributed by atoms with van der Waals surface area (Å²) in [6.45, 7) is 3.82. The summed E-state index contributed by atoms with van der Waals surface area (Å²) in [5.74, 6) is 0.151. The van der Waals surface area contributed by atoms with Crippen LogP contribution in [0.3, 0.4) is 0 Å². The molecule has 2 N–H and O–H groups in total. The van der Waals surface area contributed by atoms with E-state index in [4.69, 9.17) is 10.7 Å². The van der Waals surface area contributed by atoms with Crippen LogP contribution in [0.15, 0.2) is 4.90 Å². The van der Waals surface area contributed by atoms with Crippen LogP contribution in [0.1, 0.15) is 36.5 Å². The number of amides is 1. The van der Waals surface area contributed by atoms with E-state index in [1.165, 1.54) is 0 Å². The maximum Gasteiger partial charge on any atom is 0.273 e. The zero-order chi connectivity index (χ0) is 16.0. The fourth-order valence-electron chi connectivity index (χ4n) is 1.71. The van der Waals surface area contributed by atoms with Crippen molar-refractivity contribution in [2.45, 2.75) is 31.6 Å². The van der Waals surface area contributed by atoms with Gasteiger partial charge in [-0.15, -0.1) is 0 Å². The third-order valence-electron chi connectivity index (χ3n) is 2.69. The summed E-state index contributed by atoms with van der Waals surface area (Å²) in [7, 11) is 0.297. The molecule has 0 aliphatic heterocycles. The molecule has 0 fully saturated rings. The van der Waals surface area contributed by atoms with Crippen molar-refractivity contribution < 1.29 is 17.4 Å². The van der Waals surface area contributed by atoms with Crippen molar-refractivity contribution in [3.8, 4) is 0 Å². The van der Waals surface area contributed by atoms with Crippen LogP contribution < -0.4 is 5.32 Å². The molecule has 0 aromatic carbocycles. The predicted octanol–water partition coefficient (Wildman–Crippen LogP) is 0.788. The van der Waals surface area contributed by atoms with Crippen molar-refractivity contribution in [3.05, 3.63) is 11.4 Å². The topological polar surface area (TPSA) is 109 Å². The molecular formula is C11H18ClN3O4S2. The fourth-order valence-corrected chi connectivity index (χ4v) is 3.64. The highest BCUT2D eigenvalue weighted by Gasteiger charge is 2.27. The van der Waals surface area contributed by atoms with Gasteiger partial charge in [0.2, 0.25) is 0 Å². The van der Waals surface area contributed by atoms with E-state index in [1.54, 1.807) is 6.92 Å². The monoisotopic (exact) mass is 355 g/mol. The van der Waals surface area contributed by atoms with Crippen LogP contribution in [0.5, 0.6) is 0 Å². The Hall–Kier alpha value is -0.930. The van der Waals surface area contributed by atoms with Crippen LogP contribution in [-0.4, -0.2) is 46.8 Å². The molecule has 1 unspecified atom stereocenters. The van der Waals surface area contributed by atoms with Gasteiger partial charge in [-0.05, 0) is 6.42 Å². The number of hydrogen-bond donors (Lipinski definition) is 2. The molecule has 21 heavy (non-hydrogen) atoms. The second-order valence-electron chi connectivity index (χ2n) is 4.26. The van der Waals surface area contributed by atoms with Gasteiger partial charge in [0.15, 0.2) is 5.69 Å². The Morgan fingerprint density at radius 1 is 1.43 bits per heavy atom. The number of carbonyl (C=O) groups excluding carboxylic acids is 1. The number of rotatable bonds is 8. The predicted molar refractivity (Wildman–Crippen MR) is 81.5 cm³/mol. The van der Waals surface area contributed by atoms with E-state index in [2.05, 4.69) is 15.5 Å². The molecule has 0 spiro atoms. The van der Waals surface area contributed by atoms with Gasteiger partial charge >= 0.3 is 0 Å². The van der Waals surface area contributed by atoms with E-state index in [0.717, 1.165) is 0 Å². The van der Waals surface area contributed by atoms with E-state index in [-0.39, 0.29) is 17.1 Å². The van der Waals surface area contributed by atoms with Crippen LogP contribution in [0.4, 0.5) is 0 Å². The Kier molecular flexibility index (Phi) is 6.82. The number of aromatic amines is 1. The molecule has 0 aliphatic rings. The summed E-state index contributed by atoms with van der Waals surface area (Å²) in [6.07, 6.45) is 1.10. The van der Waals surface area contributed by atoms with E-state index < -0.39 is 25.8 Å². The Balaban J connectivity index is 2.92. The lowest BCUT2D eigenvalue weighted by molar-refractivity contribution is 0.0948. The summed E-state index contributed by atoms with van der Waals surface area (Å²) in [4.78, 5) is 11.7. The first-order valence-corrected chi connectivity index (χ1v) is 10.3. The fraction of sp³-hybridized carbons (Fsp3) is 0.636. The minimum Gasteiger partial charge on any atom is -0.350 e. The zero-order valence-corrected chi connectivity index (χ0v) is 14.2. The van der Waals surface area contributed by atoms with Gasteiger partial charge in [-0.2, -0.15) is 5.10 Å². The number of aryl methyl sites for hydroxylation is 1. The van der Waals surface area contributed by atoms with Crippen LogP contribution in [0.25, 0.3) is 0 Å². The largest absolute Gasteiger partial charge is 0.350 e. The van der Waals surface area contributed by atoms with Crippen molar-refractivity contribution in [1.29, 1.82) is 0 Å². The highest BCUT2D eigenvalue weighted by Crippen LogP contribution is 2.23. The first-order chi connectivity index (χ1) is 9.81. The summed E-state index contributed by atoms with van der Waals surface area (Å²) < 4.78 is 34.5. The van der Waals surface area contributed by atoms with Crippen molar-refractivity contribution in [1.82, 2.24) is 15.5 Å². The minimum atomic E-state index is -4.08. The summed E-state index contributed by atoms with van der Waals surface area (Å²) in [5, 5.41) is 8.78. The Bertz CT molecular complexity index is 627. The van der Waals surface area contributed by atoms with Crippen LogP contribution >= 0.6 is 10.7 Å². The van der Waals surface area contributed by atoms with Gasteiger partial charge in [0.25, 0.3) is 15.0 Å². The Morgan fingerprint density at radius 3 is 2.62 bits per heavy atom. The molecule has 1 rings (SSSR count). The molecule has 1 heterocycles. The van der Waals surface area contributed by atoms with E-state index in [1.807, 2.05) is 6.92 Å². The second-order valence-corrected chi connectivity index (χ2v) is 8.62. The van der Waals surface area contributed by atoms with E-state index in [9.17, 15) is 17.4 Å². The zero-order valence-electron chi connectivity index (χ0n) is 11.8. The van der Waals surface area contributed by atoms with Gasteiger partial charge in [0, 0.05) is 39.5 Å².